The van der Waals surface area contributed by atoms with Gasteiger partial charge in [0, 0.05) is 54.5 Å². The highest BCUT2D eigenvalue weighted by molar-refractivity contribution is 5.76. The highest BCUT2D eigenvalue weighted by Gasteiger charge is 2.46. The molecule has 1 spiro atoms. The number of carbonyl (C=O) groups is 1. The largest absolute Gasteiger partial charge is 0.367 e. The van der Waals surface area contributed by atoms with Crippen LogP contribution in [0.1, 0.15) is 63.1 Å². The van der Waals surface area contributed by atoms with Gasteiger partial charge in [0.05, 0.1) is 5.69 Å². The van der Waals surface area contributed by atoms with Gasteiger partial charge in [0.15, 0.2) is 5.82 Å². The molecule has 3 heterocycles. The molecule has 0 bridgehead atoms. The maximum atomic E-state index is 12.4. The first-order valence-corrected chi connectivity index (χ1v) is 11.0. The number of anilines is 1. The van der Waals surface area contributed by atoms with E-state index in [4.69, 9.17) is 9.97 Å². The summed E-state index contributed by atoms with van der Waals surface area (Å²) in [5.74, 6) is 2.01. The van der Waals surface area contributed by atoms with E-state index < -0.39 is 0 Å². The van der Waals surface area contributed by atoms with Crippen LogP contribution in [-0.2, 0) is 16.6 Å². The molecule has 1 atom stereocenters. The predicted molar refractivity (Wildman–Crippen MR) is 113 cm³/mol. The van der Waals surface area contributed by atoms with Gasteiger partial charge >= 0.3 is 0 Å². The van der Waals surface area contributed by atoms with Crippen LogP contribution in [0.5, 0.6) is 0 Å². The monoisotopic (exact) mass is 391 g/mol. The minimum absolute atomic E-state index is 0.0334. The Balaban J connectivity index is 1.57. The van der Waals surface area contributed by atoms with Gasteiger partial charge in [0.2, 0.25) is 5.91 Å². The number of nitrogens with one attached hydrogen (secondary N) is 1. The van der Waals surface area contributed by atoms with Crippen molar-refractivity contribution in [2.45, 2.75) is 69.7 Å². The van der Waals surface area contributed by atoms with Gasteiger partial charge in [-0.2, -0.15) is 0 Å². The number of amides is 1. The number of nitrogens with zero attached hydrogens (tertiary/aromatic N) is 4. The highest BCUT2D eigenvalue weighted by atomic mass is 16.2. The predicted octanol–water partition coefficient (Wildman–Crippen LogP) is 3.72. The van der Waals surface area contributed by atoms with E-state index in [9.17, 15) is 4.79 Å². The van der Waals surface area contributed by atoms with Crippen LogP contribution in [-0.4, -0.2) is 44.9 Å². The standard InChI is InChI=1S/C23H29N5O/c1-2-19(29)28-13-5-10-23(15-28)11-9-18-20(23)26-21(16-6-4-12-24-14-16)27-22(18)25-17-7-3-8-17/h4,6,12,14,17H,2-3,5,7-11,13,15H2,1H3,(H,25,26,27). The van der Waals surface area contributed by atoms with Crippen LogP contribution in [0.4, 0.5) is 5.82 Å². The summed E-state index contributed by atoms with van der Waals surface area (Å²) in [5, 5.41) is 3.70. The first-order chi connectivity index (χ1) is 14.2. The fraction of sp³-hybridized carbons (Fsp3) is 0.565. The van der Waals surface area contributed by atoms with Crippen molar-refractivity contribution < 1.29 is 4.79 Å². The lowest BCUT2D eigenvalue weighted by Crippen LogP contribution is -2.47. The van der Waals surface area contributed by atoms with E-state index in [0.717, 1.165) is 56.0 Å². The van der Waals surface area contributed by atoms with Gasteiger partial charge < -0.3 is 10.2 Å². The molecule has 1 saturated carbocycles. The SMILES string of the molecule is CCC(=O)N1CCCC2(CCc3c(NC4CCC4)nc(-c4cccnc4)nc32)C1. The molecule has 1 unspecified atom stereocenters. The molecule has 2 aromatic rings. The Labute approximate surface area is 172 Å². The molecule has 29 heavy (non-hydrogen) atoms. The van der Waals surface area contributed by atoms with Crippen LogP contribution in [0, 0.1) is 0 Å². The molecule has 0 aromatic carbocycles. The van der Waals surface area contributed by atoms with E-state index in [-0.39, 0.29) is 11.3 Å². The van der Waals surface area contributed by atoms with E-state index in [1.54, 1.807) is 6.20 Å². The molecule has 3 aliphatic rings. The zero-order valence-corrected chi connectivity index (χ0v) is 17.2. The Bertz CT molecular complexity index is 911. The van der Waals surface area contributed by atoms with Crippen molar-refractivity contribution in [2.24, 2.45) is 0 Å². The molecule has 6 nitrogen and oxygen atoms in total. The number of pyridine rings is 1. The maximum absolute atomic E-state index is 12.4. The van der Waals surface area contributed by atoms with Crippen molar-refractivity contribution in [1.82, 2.24) is 19.9 Å². The van der Waals surface area contributed by atoms with Gasteiger partial charge in [-0.3, -0.25) is 9.78 Å². The van der Waals surface area contributed by atoms with E-state index in [1.165, 1.54) is 30.5 Å². The number of aromatic nitrogens is 3. The van der Waals surface area contributed by atoms with Crippen LogP contribution >= 0.6 is 0 Å². The van der Waals surface area contributed by atoms with E-state index in [2.05, 4.69) is 15.2 Å². The number of fused-ring (bicyclic) bond motifs is 2. The normalized spacial score (nSPS) is 23.7. The molecule has 6 heteroatoms. The second-order valence-electron chi connectivity index (χ2n) is 8.79. The topological polar surface area (TPSA) is 71.0 Å². The van der Waals surface area contributed by atoms with Gasteiger partial charge in [0.25, 0.3) is 0 Å². The van der Waals surface area contributed by atoms with Crippen molar-refractivity contribution in [1.29, 1.82) is 0 Å². The van der Waals surface area contributed by atoms with Crippen LogP contribution in [0.15, 0.2) is 24.5 Å². The molecule has 2 fully saturated rings. The van der Waals surface area contributed by atoms with Crippen molar-refractivity contribution in [3.63, 3.8) is 0 Å². The van der Waals surface area contributed by atoms with Gasteiger partial charge in [-0.1, -0.05) is 6.92 Å². The van der Waals surface area contributed by atoms with Gasteiger partial charge in [-0.25, -0.2) is 9.97 Å². The second kappa shape index (κ2) is 7.39. The first kappa shape index (κ1) is 18.5. The lowest BCUT2D eigenvalue weighted by atomic mass is 9.77. The zero-order chi connectivity index (χ0) is 19.8. The average molecular weight is 392 g/mol. The summed E-state index contributed by atoms with van der Waals surface area (Å²) < 4.78 is 0. The summed E-state index contributed by atoms with van der Waals surface area (Å²) in [5.41, 5.74) is 3.36. The van der Waals surface area contributed by atoms with E-state index in [1.807, 2.05) is 25.3 Å². The summed E-state index contributed by atoms with van der Waals surface area (Å²) in [7, 11) is 0. The van der Waals surface area contributed by atoms with E-state index >= 15 is 0 Å². The lowest BCUT2D eigenvalue weighted by molar-refractivity contribution is -0.133. The summed E-state index contributed by atoms with van der Waals surface area (Å²) in [6.45, 7) is 3.62. The molecule has 2 aromatic heterocycles. The van der Waals surface area contributed by atoms with Crippen molar-refractivity contribution in [3.05, 3.63) is 35.8 Å². The molecule has 1 N–H and O–H groups in total. The van der Waals surface area contributed by atoms with E-state index in [0.29, 0.717) is 12.5 Å². The van der Waals surface area contributed by atoms with Crippen molar-refractivity contribution >= 4 is 11.7 Å². The van der Waals surface area contributed by atoms with Gasteiger partial charge in [-0.05, 0) is 57.1 Å². The highest BCUT2D eigenvalue weighted by Crippen LogP contribution is 2.47. The van der Waals surface area contributed by atoms with Crippen molar-refractivity contribution in [2.75, 3.05) is 18.4 Å². The number of carbonyl (C=O) groups excluding carboxylic acids is 1. The molecular formula is C23H29N5O. The summed E-state index contributed by atoms with van der Waals surface area (Å²) >= 11 is 0. The summed E-state index contributed by atoms with van der Waals surface area (Å²) in [6, 6.07) is 4.48. The van der Waals surface area contributed by atoms with Gasteiger partial charge in [-0.15, -0.1) is 0 Å². The number of hydrogen-bond donors (Lipinski definition) is 1. The fourth-order valence-corrected chi connectivity index (χ4v) is 5.10. The average Bonchev–Trinajstić information content (AvgIpc) is 3.08. The third-order valence-corrected chi connectivity index (χ3v) is 6.96. The minimum atomic E-state index is -0.0334. The van der Waals surface area contributed by atoms with Crippen LogP contribution in [0.2, 0.25) is 0 Å². The van der Waals surface area contributed by atoms with Crippen LogP contribution in [0.3, 0.4) is 0 Å². The van der Waals surface area contributed by atoms with Crippen LogP contribution in [0.25, 0.3) is 11.4 Å². The third kappa shape index (κ3) is 3.28. The molecule has 1 aliphatic heterocycles. The number of hydrogen-bond acceptors (Lipinski definition) is 5. The third-order valence-electron chi connectivity index (χ3n) is 6.96. The molecule has 1 amide bonds. The Kier molecular flexibility index (Phi) is 4.72. The molecule has 5 rings (SSSR count). The van der Waals surface area contributed by atoms with Gasteiger partial charge in [0.1, 0.15) is 5.82 Å². The summed E-state index contributed by atoms with van der Waals surface area (Å²) in [6.07, 6.45) is 12.1. The maximum Gasteiger partial charge on any atom is 0.222 e. The molecule has 2 aliphatic carbocycles. The summed E-state index contributed by atoms with van der Waals surface area (Å²) in [4.78, 5) is 28.8. The van der Waals surface area contributed by atoms with Crippen molar-refractivity contribution in [3.8, 4) is 11.4 Å². The molecule has 1 saturated heterocycles. The Hall–Kier alpha value is -2.50. The number of rotatable bonds is 4. The molecule has 0 radical (unpaired) electrons. The molecular weight excluding hydrogens is 362 g/mol. The molecule has 152 valence electrons. The zero-order valence-electron chi connectivity index (χ0n) is 17.2. The first-order valence-electron chi connectivity index (χ1n) is 11.0. The Morgan fingerprint density at radius 2 is 2.17 bits per heavy atom. The Morgan fingerprint density at radius 1 is 1.28 bits per heavy atom. The minimum Gasteiger partial charge on any atom is -0.367 e. The fourth-order valence-electron chi connectivity index (χ4n) is 5.10. The lowest BCUT2D eigenvalue weighted by Gasteiger charge is -2.40. The second-order valence-corrected chi connectivity index (χ2v) is 8.79. The number of likely N-dealkylation sites (tertiary alicyclic amines) is 1. The number of piperidine rings is 1. The van der Waals surface area contributed by atoms with Crippen LogP contribution < -0.4 is 5.32 Å². The quantitative estimate of drug-likeness (QED) is 0.860. The Morgan fingerprint density at radius 3 is 2.90 bits per heavy atom. The smallest absolute Gasteiger partial charge is 0.222 e.